The van der Waals surface area contributed by atoms with Crippen LogP contribution in [0.2, 0.25) is 0 Å². The minimum absolute atomic E-state index is 0.00238. The zero-order chi connectivity index (χ0) is 14.4. The van der Waals surface area contributed by atoms with E-state index in [9.17, 15) is 4.79 Å². The Labute approximate surface area is 119 Å². The van der Waals surface area contributed by atoms with Gasteiger partial charge in [0.25, 0.3) is 0 Å². The molecule has 20 heavy (non-hydrogen) atoms. The quantitative estimate of drug-likeness (QED) is 0.917. The number of piperidine rings is 1. The van der Waals surface area contributed by atoms with E-state index in [1.165, 1.54) is 0 Å². The number of carbonyl (C=O) groups excluding carboxylic acids is 1. The molecule has 0 unspecified atom stereocenters. The van der Waals surface area contributed by atoms with Crippen LogP contribution in [0.4, 0.5) is 4.79 Å². The van der Waals surface area contributed by atoms with Crippen molar-refractivity contribution in [1.82, 2.24) is 10.2 Å². The number of carbonyl (C=O) groups is 1. The minimum atomic E-state index is -0.00238. The summed E-state index contributed by atoms with van der Waals surface area (Å²) in [5.74, 6) is 0.723. The van der Waals surface area contributed by atoms with Gasteiger partial charge < -0.3 is 15.0 Å². The fourth-order valence-electron chi connectivity index (χ4n) is 2.27. The second-order valence-corrected chi connectivity index (χ2v) is 4.78. The summed E-state index contributed by atoms with van der Waals surface area (Å²) in [5, 5.41) is 11.7. The third-order valence-corrected chi connectivity index (χ3v) is 3.32. The molecule has 1 aliphatic heterocycles. The Morgan fingerprint density at radius 2 is 2.25 bits per heavy atom. The molecular weight excluding hydrogens is 254 g/mol. The third-order valence-electron chi connectivity index (χ3n) is 3.32. The number of nitrogens with one attached hydrogen (secondary N) is 1. The maximum atomic E-state index is 11.7. The summed E-state index contributed by atoms with van der Waals surface area (Å²) in [4.78, 5) is 13.5. The van der Waals surface area contributed by atoms with E-state index in [2.05, 4.69) is 11.4 Å². The molecule has 1 aromatic rings. The van der Waals surface area contributed by atoms with Crippen LogP contribution in [0.3, 0.4) is 0 Å². The Bertz CT molecular complexity index is 502. The molecule has 1 aliphatic rings. The molecule has 1 heterocycles. The van der Waals surface area contributed by atoms with Crippen molar-refractivity contribution in [1.29, 1.82) is 5.26 Å². The topological polar surface area (TPSA) is 65.4 Å². The Balaban J connectivity index is 1.85. The molecule has 0 atom stereocenters. The van der Waals surface area contributed by atoms with Crippen molar-refractivity contribution < 1.29 is 9.53 Å². The predicted molar refractivity (Wildman–Crippen MR) is 75.5 cm³/mol. The SMILES string of the molecule is CCNC(=O)N1CCC(Oc2cccc(C#N)c2)CC1. The molecule has 0 spiro atoms. The van der Waals surface area contributed by atoms with Crippen LogP contribution in [-0.2, 0) is 0 Å². The lowest BCUT2D eigenvalue weighted by Crippen LogP contribution is -2.46. The van der Waals surface area contributed by atoms with E-state index < -0.39 is 0 Å². The summed E-state index contributed by atoms with van der Waals surface area (Å²) in [7, 11) is 0. The highest BCUT2D eigenvalue weighted by atomic mass is 16.5. The second-order valence-electron chi connectivity index (χ2n) is 4.78. The van der Waals surface area contributed by atoms with Gasteiger partial charge in [0.15, 0.2) is 0 Å². The molecule has 0 aromatic heterocycles. The Morgan fingerprint density at radius 3 is 2.90 bits per heavy atom. The molecule has 2 amide bonds. The number of nitrogens with zero attached hydrogens (tertiary/aromatic N) is 2. The van der Waals surface area contributed by atoms with Gasteiger partial charge in [-0.05, 0) is 25.1 Å². The summed E-state index contributed by atoms with van der Waals surface area (Å²) in [5.41, 5.74) is 0.599. The van der Waals surface area contributed by atoms with E-state index in [-0.39, 0.29) is 12.1 Å². The first-order valence-corrected chi connectivity index (χ1v) is 6.92. The van der Waals surface area contributed by atoms with Crippen molar-refractivity contribution in [2.24, 2.45) is 0 Å². The molecule has 106 valence electrons. The standard InChI is InChI=1S/C15H19N3O2/c1-2-17-15(19)18-8-6-13(7-9-18)20-14-5-3-4-12(10-14)11-16/h3-5,10,13H,2,6-9H2,1H3,(H,17,19). The minimum Gasteiger partial charge on any atom is -0.490 e. The van der Waals surface area contributed by atoms with Crippen LogP contribution in [0.5, 0.6) is 5.75 Å². The summed E-state index contributed by atoms with van der Waals surface area (Å²) in [6, 6.07) is 9.27. The molecule has 1 fully saturated rings. The molecule has 0 radical (unpaired) electrons. The number of amides is 2. The maximum absolute atomic E-state index is 11.7. The summed E-state index contributed by atoms with van der Waals surface area (Å²) in [6.07, 6.45) is 1.73. The van der Waals surface area contributed by atoms with Gasteiger partial charge in [-0.3, -0.25) is 0 Å². The van der Waals surface area contributed by atoms with E-state index in [1.54, 1.807) is 12.1 Å². The van der Waals surface area contributed by atoms with Crippen LogP contribution in [0.15, 0.2) is 24.3 Å². The number of rotatable bonds is 3. The van der Waals surface area contributed by atoms with Crippen LogP contribution in [0.25, 0.3) is 0 Å². The highest BCUT2D eigenvalue weighted by Gasteiger charge is 2.23. The van der Waals surface area contributed by atoms with Gasteiger partial charge in [-0.2, -0.15) is 5.26 Å². The molecule has 1 saturated heterocycles. The lowest BCUT2D eigenvalue weighted by molar-refractivity contribution is 0.111. The Hall–Kier alpha value is -2.22. The Morgan fingerprint density at radius 1 is 1.50 bits per heavy atom. The molecule has 5 heteroatoms. The van der Waals surface area contributed by atoms with E-state index in [1.807, 2.05) is 24.0 Å². The normalized spacial score (nSPS) is 15.5. The zero-order valence-electron chi connectivity index (χ0n) is 11.6. The average Bonchev–Trinajstić information content (AvgIpc) is 2.48. The highest BCUT2D eigenvalue weighted by Crippen LogP contribution is 2.20. The molecular formula is C15H19N3O2. The van der Waals surface area contributed by atoms with Gasteiger partial charge >= 0.3 is 6.03 Å². The number of hydrogen-bond donors (Lipinski definition) is 1. The number of likely N-dealkylation sites (tertiary alicyclic amines) is 1. The fraction of sp³-hybridized carbons (Fsp3) is 0.467. The number of benzene rings is 1. The van der Waals surface area contributed by atoms with Crippen LogP contribution in [0.1, 0.15) is 25.3 Å². The van der Waals surface area contributed by atoms with Crippen LogP contribution in [-0.4, -0.2) is 36.7 Å². The van der Waals surface area contributed by atoms with Gasteiger partial charge in [-0.15, -0.1) is 0 Å². The van der Waals surface area contributed by atoms with Gasteiger partial charge in [-0.25, -0.2) is 4.79 Å². The first-order chi connectivity index (χ1) is 9.72. The van der Waals surface area contributed by atoms with Gasteiger partial charge in [0.05, 0.1) is 11.6 Å². The summed E-state index contributed by atoms with van der Waals surface area (Å²) >= 11 is 0. The number of ether oxygens (including phenoxy) is 1. The average molecular weight is 273 g/mol. The van der Waals surface area contributed by atoms with Crippen LogP contribution >= 0.6 is 0 Å². The number of urea groups is 1. The molecule has 1 aromatic carbocycles. The maximum Gasteiger partial charge on any atom is 0.317 e. The smallest absolute Gasteiger partial charge is 0.317 e. The molecule has 2 rings (SSSR count). The predicted octanol–water partition coefficient (Wildman–Crippen LogP) is 2.13. The number of hydrogen-bond acceptors (Lipinski definition) is 3. The monoisotopic (exact) mass is 273 g/mol. The highest BCUT2D eigenvalue weighted by molar-refractivity contribution is 5.74. The molecule has 1 N–H and O–H groups in total. The van der Waals surface area contributed by atoms with Gasteiger partial charge in [0, 0.05) is 32.5 Å². The van der Waals surface area contributed by atoms with E-state index in [0.29, 0.717) is 25.2 Å². The van der Waals surface area contributed by atoms with Crippen molar-refractivity contribution >= 4 is 6.03 Å². The third kappa shape index (κ3) is 3.64. The zero-order valence-corrected chi connectivity index (χ0v) is 11.6. The van der Waals surface area contributed by atoms with E-state index in [4.69, 9.17) is 10.00 Å². The van der Waals surface area contributed by atoms with Gasteiger partial charge in [0.1, 0.15) is 11.9 Å². The first-order valence-electron chi connectivity index (χ1n) is 6.92. The van der Waals surface area contributed by atoms with Crippen molar-refractivity contribution in [2.75, 3.05) is 19.6 Å². The largest absolute Gasteiger partial charge is 0.490 e. The summed E-state index contributed by atoms with van der Waals surface area (Å²) in [6.45, 7) is 3.97. The lowest BCUT2D eigenvalue weighted by Gasteiger charge is -2.32. The van der Waals surface area contributed by atoms with Crippen molar-refractivity contribution in [3.63, 3.8) is 0 Å². The van der Waals surface area contributed by atoms with Crippen molar-refractivity contribution in [3.05, 3.63) is 29.8 Å². The molecule has 5 nitrogen and oxygen atoms in total. The lowest BCUT2D eigenvalue weighted by atomic mass is 10.1. The van der Waals surface area contributed by atoms with Crippen LogP contribution in [0, 0.1) is 11.3 Å². The van der Waals surface area contributed by atoms with Crippen LogP contribution < -0.4 is 10.1 Å². The second kappa shape index (κ2) is 6.80. The molecule has 0 bridgehead atoms. The first kappa shape index (κ1) is 14.2. The van der Waals surface area contributed by atoms with Gasteiger partial charge in [0.2, 0.25) is 0 Å². The van der Waals surface area contributed by atoms with E-state index >= 15 is 0 Å². The van der Waals surface area contributed by atoms with Crippen molar-refractivity contribution in [3.8, 4) is 11.8 Å². The van der Waals surface area contributed by atoms with E-state index in [0.717, 1.165) is 18.6 Å². The fourth-order valence-corrected chi connectivity index (χ4v) is 2.27. The Kier molecular flexibility index (Phi) is 4.83. The molecule has 0 aliphatic carbocycles. The molecule has 0 saturated carbocycles. The van der Waals surface area contributed by atoms with Gasteiger partial charge in [-0.1, -0.05) is 6.07 Å². The number of nitriles is 1. The summed E-state index contributed by atoms with van der Waals surface area (Å²) < 4.78 is 5.88. The van der Waals surface area contributed by atoms with Crippen molar-refractivity contribution in [2.45, 2.75) is 25.9 Å².